The first kappa shape index (κ1) is 67.2. The third-order valence-electron chi connectivity index (χ3n) is 15.9. The number of benzene rings is 8. The largest absolute Gasteiger partial charge is 0.411 e. The zero-order valence-corrected chi connectivity index (χ0v) is 55.3. The summed E-state index contributed by atoms with van der Waals surface area (Å²) in [5, 5.41) is 23.9. The molecule has 2 N–H and O–H groups in total. The molecule has 0 saturated carbocycles. The van der Waals surface area contributed by atoms with Gasteiger partial charge in [-0.15, -0.1) is 0 Å². The highest BCUT2D eigenvalue weighted by Crippen LogP contribution is 2.44. The molecule has 4 atom stereocenters. The molecule has 4 aliphatic rings. The van der Waals surface area contributed by atoms with E-state index in [1.807, 2.05) is 152 Å². The summed E-state index contributed by atoms with van der Waals surface area (Å²) in [7, 11) is 0. The topological polar surface area (TPSA) is 138 Å². The summed E-state index contributed by atoms with van der Waals surface area (Å²) in [6.07, 6.45) is 8.73. The highest BCUT2D eigenvalue weighted by Gasteiger charge is 2.31. The Balaban J connectivity index is 0.000000143. The van der Waals surface area contributed by atoms with Crippen molar-refractivity contribution in [3.8, 4) is 0 Å². The van der Waals surface area contributed by atoms with E-state index in [0.717, 1.165) is 105 Å². The van der Waals surface area contributed by atoms with E-state index < -0.39 is 5.97 Å². The van der Waals surface area contributed by atoms with Crippen molar-refractivity contribution in [3.63, 3.8) is 0 Å². The lowest BCUT2D eigenvalue weighted by molar-refractivity contribution is -0.141. The van der Waals surface area contributed by atoms with Crippen LogP contribution in [0.15, 0.2) is 192 Å². The van der Waals surface area contributed by atoms with Crippen molar-refractivity contribution >= 4 is 139 Å². The van der Waals surface area contributed by atoms with Gasteiger partial charge in [-0.2, -0.15) is 0 Å². The first-order chi connectivity index (χ1) is 43.2. The molecule has 0 radical (unpaired) electrons. The Morgan fingerprint density at radius 3 is 1.20 bits per heavy atom. The van der Waals surface area contributed by atoms with Crippen LogP contribution < -0.4 is 5.32 Å². The molecule has 10 nitrogen and oxygen atoms in total. The lowest BCUT2D eigenvalue weighted by Crippen LogP contribution is -2.33. The van der Waals surface area contributed by atoms with Crippen LogP contribution in [0.4, 0.5) is 0 Å². The van der Waals surface area contributed by atoms with E-state index in [-0.39, 0.29) is 41.4 Å². The van der Waals surface area contributed by atoms with E-state index in [4.69, 9.17) is 103 Å². The summed E-state index contributed by atoms with van der Waals surface area (Å²) < 4.78 is 0. The SMILES string of the molecule is CC(=O)N(C(C)=O)C1=CC[C@@H](c2ccc(Cl)c(Cl)c2)c2ccccc21.CC(=O)NC1=CC[C@@H](c2ccc(Cl)c(Cl)c2)c2ccccc21.CC(=O)O/N=C1\CC[C@@H](c2ccc(Cl)c(Cl)c2)c2ccccc21.O/N=C1\CC[C@@H](c2ccc(Cl)c(Cl)c2)c2ccccc21. The van der Waals surface area contributed by atoms with E-state index in [1.165, 1.54) is 43.7 Å². The number of imide groups is 1. The maximum Gasteiger partial charge on any atom is 0.331 e. The molecule has 0 aliphatic heterocycles. The molecule has 460 valence electrons. The molecule has 3 amide bonds. The summed E-state index contributed by atoms with van der Waals surface area (Å²) in [6.45, 7) is 5.66. The van der Waals surface area contributed by atoms with E-state index in [0.29, 0.717) is 52.3 Å². The minimum atomic E-state index is -0.415. The molecule has 4 aliphatic carbocycles. The highest BCUT2D eigenvalue weighted by atomic mass is 35.5. The van der Waals surface area contributed by atoms with Gasteiger partial charge in [0.05, 0.1) is 57.3 Å². The molecule has 0 saturated heterocycles. The molecular formula is C72H60Cl8N4O6. The monoisotopic (exact) mass is 1360 g/mol. The molecule has 0 unspecified atom stereocenters. The molecule has 8 aromatic carbocycles. The number of halogens is 8. The summed E-state index contributed by atoms with van der Waals surface area (Å²) in [6, 6.07) is 54.9. The lowest BCUT2D eigenvalue weighted by Gasteiger charge is -2.30. The smallest absolute Gasteiger partial charge is 0.331 e. The standard InChI is InChI=1S/C20H17Cl2NO2.C18H15Cl2NO2.C18H15Cl2NO.C16H13Cl2NO/c1-12(24)23(13(2)25)20-10-8-15(16-5-3-4-6-17(16)20)14-7-9-18(21)19(22)11-14;1-11(22)23-21-18-9-7-13(14-4-2-3-5-15(14)18)12-6-8-16(19)17(20)10-12;1-11(22)21-18-9-7-13(14-4-2-3-5-15(14)18)12-6-8-16(19)17(20)10-12;17-14-7-5-10(9-15(14)18)11-6-8-16(19-20)13-4-2-1-3-12(11)13/h3-7,9-11,15H,8H2,1-2H3;2-6,8,10,13H,7,9H2,1H3;2-6,8-10,13H,7H2,1H3,(H,21,22);1-5,7,9,11,20H,6,8H2/b;21-18+;;19-16+/t15-;2*13-;11-/m0000/s1. The molecule has 12 rings (SSSR count). The van der Waals surface area contributed by atoms with E-state index >= 15 is 0 Å². The fraction of sp³-hybridized carbons (Fsp3) is 0.194. The second-order valence-electron chi connectivity index (χ2n) is 21.7. The van der Waals surface area contributed by atoms with Crippen LogP contribution in [0, 0.1) is 0 Å². The summed E-state index contributed by atoms with van der Waals surface area (Å²) in [5.74, 6) is -0.277. The number of rotatable bonds is 7. The van der Waals surface area contributed by atoms with Crippen molar-refractivity contribution in [3.05, 3.63) is 289 Å². The molecule has 0 spiro atoms. The van der Waals surface area contributed by atoms with Crippen molar-refractivity contribution < 1.29 is 29.2 Å². The quantitative estimate of drug-likeness (QED) is 0.0926. The third kappa shape index (κ3) is 15.9. The zero-order valence-electron chi connectivity index (χ0n) is 49.2. The van der Waals surface area contributed by atoms with Gasteiger partial charge < -0.3 is 15.4 Å². The first-order valence-electron chi connectivity index (χ1n) is 28.8. The maximum absolute atomic E-state index is 12.0. The Kier molecular flexibility index (Phi) is 22.9. The van der Waals surface area contributed by atoms with Gasteiger partial charge in [0.25, 0.3) is 0 Å². The number of fused-ring (bicyclic) bond motifs is 4. The van der Waals surface area contributed by atoms with Crippen molar-refractivity contribution in [1.82, 2.24) is 10.2 Å². The van der Waals surface area contributed by atoms with E-state index in [2.05, 4.69) is 39.9 Å². The molecular weight excluding hydrogens is 1300 g/mol. The number of oxime groups is 2. The molecule has 8 aromatic rings. The summed E-state index contributed by atoms with van der Waals surface area (Å²) in [4.78, 5) is 52.3. The molecule has 0 aromatic heterocycles. The van der Waals surface area contributed by atoms with Crippen LogP contribution in [0.2, 0.25) is 40.2 Å². The van der Waals surface area contributed by atoms with Gasteiger partial charge in [-0.3, -0.25) is 19.3 Å². The van der Waals surface area contributed by atoms with Crippen LogP contribution in [0.1, 0.15) is 157 Å². The lowest BCUT2D eigenvalue weighted by atomic mass is 9.78. The number of allylic oxidation sites excluding steroid dienone is 2. The van der Waals surface area contributed by atoms with Gasteiger partial charge in [-0.25, -0.2) is 4.79 Å². The van der Waals surface area contributed by atoms with Crippen molar-refractivity contribution in [2.75, 3.05) is 0 Å². The fourth-order valence-electron chi connectivity index (χ4n) is 11.9. The number of hydrogen-bond donors (Lipinski definition) is 2. The molecule has 90 heavy (non-hydrogen) atoms. The van der Waals surface area contributed by atoms with E-state index in [9.17, 15) is 19.2 Å². The number of hydrogen-bond acceptors (Lipinski definition) is 8. The van der Waals surface area contributed by atoms with Crippen LogP contribution in [0.3, 0.4) is 0 Å². The average Bonchev–Trinajstić information content (AvgIpc) is 1.21. The van der Waals surface area contributed by atoms with Gasteiger partial charge in [0, 0.05) is 79.3 Å². The van der Waals surface area contributed by atoms with Crippen LogP contribution in [0.25, 0.3) is 11.4 Å². The normalized spacial score (nSPS) is 17.7. The Bertz CT molecular complexity index is 4170. The Morgan fingerprint density at radius 1 is 0.444 bits per heavy atom. The number of carbonyl (C=O) groups is 4. The predicted molar refractivity (Wildman–Crippen MR) is 366 cm³/mol. The Hall–Kier alpha value is -7.22. The minimum absolute atomic E-state index is 0.0611. The summed E-state index contributed by atoms with van der Waals surface area (Å²) >= 11 is 48.6. The van der Waals surface area contributed by atoms with Crippen molar-refractivity contribution in [2.24, 2.45) is 10.3 Å². The molecule has 0 bridgehead atoms. The molecule has 0 fully saturated rings. The predicted octanol–water partition coefficient (Wildman–Crippen LogP) is 20.6. The second kappa shape index (κ2) is 30.7. The van der Waals surface area contributed by atoms with Gasteiger partial charge in [-0.05, 0) is 132 Å². The van der Waals surface area contributed by atoms with E-state index in [1.54, 1.807) is 6.07 Å². The first-order valence-corrected chi connectivity index (χ1v) is 31.9. The van der Waals surface area contributed by atoms with Crippen LogP contribution in [-0.2, 0) is 24.0 Å². The number of carbonyl (C=O) groups excluding carboxylic acids is 4. The average molecular weight is 1360 g/mol. The maximum atomic E-state index is 12.0. The fourth-order valence-corrected chi connectivity index (χ4v) is 13.2. The van der Waals surface area contributed by atoms with Gasteiger partial charge in [0.2, 0.25) is 17.7 Å². The Morgan fingerprint density at radius 2 is 0.800 bits per heavy atom. The molecule has 0 heterocycles. The summed E-state index contributed by atoms with van der Waals surface area (Å²) in [5.41, 5.74) is 16.0. The van der Waals surface area contributed by atoms with Crippen LogP contribution in [0.5, 0.6) is 0 Å². The number of amides is 3. The Labute approximate surface area is 563 Å². The zero-order chi connectivity index (χ0) is 64.3. The minimum Gasteiger partial charge on any atom is -0.411 e. The van der Waals surface area contributed by atoms with Gasteiger partial charge in [0.15, 0.2) is 0 Å². The number of nitrogens with one attached hydrogen (secondary N) is 1. The third-order valence-corrected chi connectivity index (χ3v) is 18.9. The number of nitrogens with zero attached hydrogens (tertiary/aromatic N) is 3. The van der Waals surface area contributed by atoms with Crippen LogP contribution in [-0.4, -0.2) is 45.2 Å². The van der Waals surface area contributed by atoms with Crippen LogP contribution >= 0.6 is 92.8 Å². The van der Waals surface area contributed by atoms with Crippen molar-refractivity contribution in [1.29, 1.82) is 0 Å². The molecule has 18 heteroatoms. The second-order valence-corrected chi connectivity index (χ2v) is 25.0. The van der Waals surface area contributed by atoms with Gasteiger partial charge in [-0.1, -0.05) is 237 Å². The van der Waals surface area contributed by atoms with Gasteiger partial charge in [0.1, 0.15) is 0 Å². The highest BCUT2D eigenvalue weighted by molar-refractivity contribution is 6.43. The van der Waals surface area contributed by atoms with Crippen molar-refractivity contribution in [2.45, 2.75) is 89.9 Å². The van der Waals surface area contributed by atoms with Gasteiger partial charge >= 0.3 is 5.97 Å².